The number of halogens is 5. The fraction of sp³-hybridized carbons (Fsp3) is 0.423. The highest BCUT2D eigenvalue weighted by molar-refractivity contribution is 6.32. The van der Waals surface area contributed by atoms with Gasteiger partial charge in [0.15, 0.2) is 0 Å². The van der Waals surface area contributed by atoms with Crippen molar-refractivity contribution in [2.45, 2.75) is 57.2 Å². The van der Waals surface area contributed by atoms with E-state index in [0.29, 0.717) is 23.7 Å². The highest BCUT2D eigenvalue weighted by Crippen LogP contribution is 2.36. The third kappa shape index (κ3) is 6.57. The van der Waals surface area contributed by atoms with Crippen LogP contribution >= 0.6 is 23.2 Å². The molecule has 3 amide bonds. The Morgan fingerprint density at radius 1 is 1.14 bits per heavy atom. The minimum atomic E-state index is -4.57. The van der Waals surface area contributed by atoms with E-state index in [4.69, 9.17) is 23.2 Å². The highest BCUT2D eigenvalue weighted by Gasteiger charge is 2.33. The summed E-state index contributed by atoms with van der Waals surface area (Å²) in [6.07, 6.45) is 3.72. The number of urea groups is 1. The average molecular weight is 555 g/mol. The summed E-state index contributed by atoms with van der Waals surface area (Å²) >= 11 is 12.3. The normalized spacial score (nSPS) is 17.4. The van der Waals surface area contributed by atoms with Gasteiger partial charge in [-0.3, -0.25) is 9.78 Å². The first kappa shape index (κ1) is 27.3. The second-order valence-corrected chi connectivity index (χ2v) is 10.2. The summed E-state index contributed by atoms with van der Waals surface area (Å²) in [7, 11) is 0. The number of hydrogen-bond donors (Lipinski definition) is 2. The van der Waals surface area contributed by atoms with E-state index in [1.165, 1.54) is 4.90 Å². The number of anilines is 1. The molecule has 2 aliphatic rings. The van der Waals surface area contributed by atoms with Gasteiger partial charge in [0.2, 0.25) is 5.91 Å². The number of carbonyl (C=O) groups excluding carboxylic acids is 2. The van der Waals surface area contributed by atoms with E-state index in [1.54, 1.807) is 12.3 Å². The van der Waals surface area contributed by atoms with Crippen LogP contribution in [0, 0.1) is 0 Å². The Kier molecular flexibility index (Phi) is 8.33. The lowest BCUT2D eigenvalue weighted by Gasteiger charge is -2.27. The van der Waals surface area contributed by atoms with Crippen molar-refractivity contribution in [1.82, 2.24) is 15.2 Å². The van der Waals surface area contributed by atoms with Crippen LogP contribution in [0.25, 0.3) is 5.57 Å². The Morgan fingerprint density at radius 3 is 2.46 bits per heavy atom. The summed E-state index contributed by atoms with van der Waals surface area (Å²) in [5.74, 6) is -0.414. The van der Waals surface area contributed by atoms with Crippen LogP contribution in [0.2, 0.25) is 10.0 Å². The fourth-order valence-electron chi connectivity index (χ4n) is 4.57. The van der Waals surface area contributed by atoms with Crippen molar-refractivity contribution in [3.05, 3.63) is 63.4 Å². The van der Waals surface area contributed by atoms with Crippen LogP contribution in [0.5, 0.6) is 0 Å². The van der Waals surface area contributed by atoms with Crippen LogP contribution in [0.15, 0.2) is 36.5 Å². The van der Waals surface area contributed by atoms with Crippen molar-refractivity contribution in [1.29, 1.82) is 0 Å². The molecule has 2 aromatic rings. The third-order valence-corrected chi connectivity index (χ3v) is 7.38. The molecule has 1 aromatic carbocycles. The van der Waals surface area contributed by atoms with Crippen LogP contribution in [-0.4, -0.2) is 41.0 Å². The maximum absolute atomic E-state index is 12.9. The van der Waals surface area contributed by atoms with E-state index in [-0.39, 0.29) is 30.1 Å². The summed E-state index contributed by atoms with van der Waals surface area (Å²) in [6.45, 7) is 2.47. The number of amides is 3. The molecule has 0 saturated heterocycles. The number of rotatable bonds is 5. The molecule has 1 atom stereocenters. The van der Waals surface area contributed by atoms with Gasteiger partial charge in [-0.25, -0.2) is 4.79 Å². The molecule has 1 aliphatic heterocycles. The third-order valence-electron chi connectivity index (χ3n) is 6.78. The summed E-state index contributed by atoms with van der Waals surface area (Å²) in [4.78, 5) is 31.3. The zero-order valence-electron chi connectivity index (χ0n) is 20.2. The molecule has 0 radical (unpaired) electrons. The van der Waals surface area contributed by atoms with Crippen molar-refractivity contribution in [2.75, 3.05) is 18.4 Å². The van der Waals surface area contributed by atoms with Crippen molar-refractivity contribution in [3.8, 4) is 0 Å². The zero-order chi connectivity index (χ0) is 26.7. The minimum absolute atomic E-state index is 0.0367. The number of nitrogens with zero attached hydrogens (tertiary/aromatic N) is 2. The monoisotopic (exact) mass is 554 g/mol. The predicted octanol–water partition coefficient (Wildman–Crippen LogP) is 6.89. The Morgan fingerprint density at radius 2 is 1.86 bits per heavy atom. The lowest BCUT2D eigenvalue weighted by molar-refractivity contribution is -0.137. The van der Waals surface area contributed by atoms with E-state index in [1.807, 2.05) is 13.0 Å². The Bertz CT molecular complexity index is 1210. The molecular weight excluding hydrogens is 528 g/mol. The number of aromatic nitrogens is 1. The second kappa shape index (κ2) is 11.3. The van der Waals surface area contributed by atoms with Crippen molar-refractivity contribution >= 4 is 46.4 Å². The summed E-state index contributed by atoms with van der Waals surface area (Å²) in [5.41, 5.74) is 1.42. The first-order valence-electron chi connectivity index (χ1n) is 12.1. The number of benzene rings is 1. The first-order chi connectivity index (χ1) is 17.5. The molecule has 2 heterocycles. The zero-order valence-corrected chi connectivity index (χ0v) is 21.7. The molecule has 1 aliphatic carbocycles. The lowest BCUT2D eigenvalue weighted by Crippen LogP contribution is -2.38. The Hall–Kier alpha value is -2.78. The van der Waals surface area contributed by atoms with Gasteiger partial charge in [-0.15, -0.1) is 0 Å². The smallest absolute Gasteiger partial charge is 0.353 e. The van der Waals surface area contributed by atoms with Crippen LogP contribution in [0.1, 0.15) is 61.8 Å². The van der Waals surface area contributed by atoms with Crippen molar-refractivity contribution in [2.24, 2.45) is 0 Å². The van der Waals surface area contributed by atoms with Gasteiger partial charge in [0.25, 0.3) is 0 Å². The maximum Gasteiger partial charge on any atom is 0.417 e. The van der Waals surface area contributed by atoms with Crippen molar-refractivity contribution < 1.29 is 22.8 Å². The molecular formula is C26H27Cl2F3N4O2. The molecule has 1 fully saturated rings. The number of alkyl halides is 3. The SMILES string of the molecule is CC(C(=O)NC1CCCC1)c1cnc(C2=CCN(C(=O)Nc3ccc(C(F)(F)F)c(Cl)c3)CC2)c(Cl)c1. The summed E-state index contributed by atoms with van der Waals surface area (Å²) in [6, 6.07) is 4.62. The fourth-order valence-corrected chi connectivity index (χ4v) is 5.15. The van der Waals surface area contributed by atoms with Crippen LogP contribution in [0.3, 0.4) is 0 Å². The van der Waals surface area contributed by atoms with Gasteiger partial charge >= 0.3 is 12.2 Å². The van der Waals surface area contributed by atoms with Gasteiger partial charge in [-0.2, -0.15) is 13.2 Å². The standard InChI is InChI=1S/C26H27Cl2F3N4O2/c1-15(24(36)33-18-4-2-3-5-18)17-12-22(28)23(32-14-17)16-8-10-35(11-9-16)25(37)34-19-6-7-20(21(27)13-19)26(29,30)31/h6-8,12-15,18H,2-5,9-11H2,1H3,(H,33,36)(H,34,37). The van der Waals surface area contributed by atoms with Crippen LogP contribution in [-0.2, 0) is 11.0 Å². The molecule has 1 unspecified atom stereocenters. The predicted molar refractivity (Wildman–Crippen MR) is 138 cm³/mol. The quantitative estimate of drug-likeness (QED) is 0.422. The van der Waals surface area contributed by atoms with Gasteiger partial charge in [0.1, 0.15) is 0 Å². The number of pyridine rings is 1. The van der Waals surface area contributed by atoms with E-state index < -0.39 is 22.8 Å². The molecule has 1 aromatic heterocycles. The average Bonchev–Trinajstić information content (AvgIpc) is 3.36. The lowest BCUT2D eigenvalue weighted by atomic mass is 9.99. The van der Waals surface area contributed by atoms with Gasteiger partial charge in [0.05, 0.1) is 27.2 Å². The Balaban J connectivity index is 1.37. The summed E-state index contributed by atoms with van der Waals surface area (Å²) < 4.78 is 38.7. The van der Waals surface area contributed by atoms with Crippen LogP contribution in [0.4, 0.5) is 23.7 Å². The largest absolute Gasteiger partial charge is 0.417 e. The van der Waals surface area contributed by atoms with E-state index >= 15 is 0 Å². The topological polar surface area (TPSA) is 74.3 Å². The molecule has 0 bridgehead atoms. The molecule has 198 valence electrons. The Labute approximate surface area is 223 Å². The number of carbonyl (C=O) groups is 2. The van der Waals surface area contributed by atoms with Crippen molar-refractivity contribution in [3.63, 3.8) is 0 Å². The maximum atomic E-state index is 12.9. The number of hydrogen-bond acceptors (Lipinski definition) is 3. The molecule has 4 rings (SSSR count). The van der Waals surface area contributed by atoms with Gasteiger partial charge in [-0.05, 0) is 61.6 Å². The van der Waals surface area contributed by atoms with E-state index in [2.05, 4.69) is 15.6 Å². The molecule has 11 heteroatoms. The van der Waals surface area contributed by atoms with Gasteiger partial charge in [-0.1, -0.05) is 42.1 Å². The highest BCUT2D eigenvalue weighted by atomic mass is 35.5. The molecule has 1 saturated carbocycles. The molecule has 2 N–H and O–H groups in total. The number of nitrogens with one attached hydrogen (secondary N) is 2. The van der Waals surface area contributed by atoms with Gasteiger partial charge in [0, 0.05) is 31.0 Å². The summed E-state index contributed by atoms with van der Waals surface area (Å²) in [5, 5.41) is 5.62. The van der Waals surface area contributed by atoms with E-state index in [0.717, 1.165) is 55.0 Å². The minimum Gasteiger partial charge on any atom is -0.353 e. The van der Waals surface area contributed by atoms with Crippen LogP contribution < -0.4 is 10.6 Å². The van der Waals surface area contributed by atoms with E-state index in [9.17, 15) is 22.8 Å². The van der Waals surface area contributed by atoms with Gasteiger partial charge < -0.3 is 15.5 Å². The molecule has 37 heavy (non-hydrogen) atoms. The first-order valence-corrected chi connectivity index (χ1v) is 12.9. The molecule has 0 spiro atoms. The molecule has 6 nitrogen and oxygen atoms in total. The second-order valence-electron chi connectivity index (χ2n) is 9.36.